The second kappa shape index (κ2) is 2.90. The van der Waals surface area contributed by atoms with Gasteiger partial charge < -0.3 is 10.0 Å². The molecule has 0 aliphatic carbocycles. The third-order valence-electron chi connectivity index (χ3n) is 1.97. The molecule has 1 unspecified atom stereocenters. The molecule has 0 aromatic carbocycles. The molecule has 1 saturated heterocycles. The highest BCUT2D eigenvalue weighted by molar-refractivity contribution is 5.84. The van der Waals surface area contributed by atoms with E-state index in [-0.39, 0.29) is 0 Å². The minimum Gasteiger partial charge on any atom is -0.480 e. The number of hydrogen-bond donors (Lipinski definition) is 2. The van der Waals surface area contributed by atoms with Gasteiger partial charge in [-0.1, -0.05) is 0 Å². The Hall–Kier alpha value is -1.06. The minimum atomic E-state index is -0.811. The lowest BCUT2D eigenvalue weighted by Gasteiger charge is -2.21. The summed E-state index contributed by atoms with van der Waals surface area (Å²) in [7, 11) is 0. The monoisotopic (exact) mass is 156 g/mol. The summed E-state index contributed by atoms with van der Waals surface area (Å²) in [5, 5.41) is 16.0. The zero-order valence-corrected chi connectivity index (χ0v) is 6.50. The number of aliphatic carboxylic acids is 1. The van der Waals surface area contributed by atoms with E-state index in [2.05, 4.69) is 0 Å². The lowest BCUT2D eigenvalue weighted by Crippen LogP contribution is -2.38. The number of rotatable bonds is 1. The van der Waals surface area contributed by atoms with Gasteiger partial charge in [0.2, 0.25) is 0 Å². The fraction of sp³-hybridized carbons (Fsp3) is 0.714. The molecule has 11 heavy (non-hydrogen) atoms. The van der Waals surface area contributed by atoms with E-state index in [1.54, 1.807) is 11.8 Å². The summed E-state index contributed by atoms with van der Waals surface area (Å²) < 4.78 is 0. The molecule has 2 N–H and O–H groups in total. The maximum atomic E-state index is 10.6. The van der Waals surface area contributed by atoms with E-state index in [1.807, 2.05) is 0 Å². The quantitative estimate of drug-likeness (QED) is 0.430. The molecule has 4 nitrogen and oxygen atoms in total. The van der Waals surface area contributed by atoms with Crippen LogP contribution in [0.2, 0.25) is 0 Å². The fourth-order valence-corrected chi connectivity index (χ4v) is 1.42. The van der Waals surface area contributed by atoms with E-state index in [0.717, 1.165) is 6.42 Å². The van der Waals surface area contributed by atoms with Crippen molar-refractivity contribution in [1.82, 2.24) is 4.90 Å². The Balaban J connectivity index is 2.65. The van der Waals surface area contributed by atoms with E-state index < -0.39 is 12.0 Å². The van der Waals surface area contributed by atoms with Crippen molar-refractivity contribution in [2.75, 3.05) is 6.54 Å². The molecule has 0 aromatic heterocycles. The summed E-state index contributed by atoms with van der Waals surface area (Å²) in [6, 6.07) is -0.451. The van der Waals surface area contributed by atoms with Gasteiger partial charge in [-0.25, -0.2) is 4.79 Å². The highest BCUT2D eigenvalue weighted by Crippen LogP contribution is 2.16. The van der Waals surface area contributed by atoms with Crippen LogP contribution in [0.25, 0.3) is 0 Å². The van der Waals surface area contributed by atoms with Crippen molar-refractivity contribution >= 4 is 11.8 Å². The van der Waals surface area contributed by atoms with Gasteiger partial charge in [0.1, 0.15) is 6.04 Å². The molecule has 4 heteroatoms. The molecule has 0 amide bonds. The normalized spacial score (nSPS) is 23.7. The van der Waals surface area contributed by atoms with Crippen LogP contribution in [0.1, 0.15) is 19.8 Å². The van der Waals surface area contributed by atoms with Crippen LogP contribution in [-0.4, -0.2) is 34.4 Å². The molecule has 0 aromatic rings. The van der Waals surface area contributed by atoms with E-state index >= 15 is 0 Å². The number of nitrogens with zero attached hydrogens (tertiary/aromatic N) is 1. The first-order chi connectivity index (χ1) is 5.13. The molecule has 0 radical (unpaired) electrons. The number of nitrogens with one attached hydrogen (secondary N) is 1. The number of carboxylic acid groups (broad SMARTS) is 1. The second-order valence-corrected chi connectivity index (χ2v) is 2.78. The van der Waals surface area contributed by atoms with Crippen molar-refractivity contribution in [2.45, 2.75) is 25.8 Å². The van der Waals surface area contributed by atoms with Crippen molar-refractivity contribution in [3.8, 4) is 0 Å². The third kappa shape index (κ3) is 1.50. The number of hydrogen-bond acceptors (Lipinski definition) is 2. The van der Waals surface area contributed by atoms with Crippen molar-refractivity contribution in [1.29, 1.82) is 5.41 Å². The van der Waals surface area contributed by atoms with Gasteiger partial charge in [0.05, 0.1) is 5.84 Å². The molecular weight excluding hydrogens is 144 g/mol. The highest BCUT2D eigenvalue weighted by Gasteiger charge is 2.30. The largest absolute Gasteiger partial charge is 0.480 e. The van der Waals surface area contributed by atoms with E-state index in [4.69, 9.17) is 10.5 Å². The molecule has 1 atom stereocenters. The van der Waals surface area contributed by atoms with Crippen LogP contribution in [0.3, 0.4) is 0 Å². The molecule has 62 valence electrons. The second-order valence-electron chi connectivity index (χ2n) is 2.78. The molecule has 1 heterocycles. The van der Waals surface area contributed by atoms with E-state index in [9.17, 15) is 4.79 Å². The smallest absolute Gasteiger partial charge is 0.326 e. The van der Waals surface area contributed by atoms with Gasteiger partial charge in [0.25, 0.3) is 0 Å². The third-order valence-corrected chi connectivity index (χ3v) is 1.97. The number of carboxylic acids is 1. The molecule has 1 rings (SSSR count). The molecular formula is C7H12N2O2. The Morgan fingerprint density at radius 2 is 2.36 bits per heavy atom. The van der Waals surface area contributed by atoms with Crippen LogP contribution in [0.15, 0.2) is 0 Å². The molecule has 0 saturated carbocycles. The summed E-state index contributed by atoms with van der Waals surface area (Å²) in [6.07, 6.45) is 1.55. The SMILES string of the molecule is CC(=N)N1CCCC1C(=O)O. The lowest BCUT2D eigenvalue weighted by atomic mass is 10.2. The van der Waals surface area contributed by atoms with Gasteiger partial charge in [0, 0.05) is 6.54 Å². The first-order valence-electron chi connectivity index (χ1n) is 3.67. The standard InChI is InChI=1S/C7H12N2O2/c1-5(8)9-4-2-3-6(9)7(10)11/h6,8H,2-4H2,1H3,(H,10,11). The Morgan fingerprint density at radius 3 is 2.73 bits per heavy atom. The highest BCUT2D eigenvalue weighted by atomic mass is 16.4. The summed E-state index contributed by atoms with van der Waals surface area (Å²) >= 11 is 0. The van der Waals surface area contributed by atoms with Crippen LogP contribution >= 0.6 is 0 Å². The maximum Gasteiger partial charge on any atom is 0.326 e. The molecule has 0 spiro atoms. The van der Waals surface area contributed by atoms with Crippen molar-refractivity contribution < 1.29 is 9.90 Å². The lowest BCUT2D eigenvalue weighted by molar-refractivity contribution is -0.140. The molecule has 1 aliphatic rings. The summed E-state index contributed by atoms with van der Waals surface area (Å²) in [5.74, 6) is -0.455. The van der Waals surface area contributed by atoms with Gasteiger partial charge in [-0.05, 0) is 19.8 Å². The van der Waals surface area contributed by atoms with Crippen molar-refractivity contribution in [3.63, 3.8) is 0 Å². The first kappa shape index (κ1) is 8.04. The predicted octanol–water partition coefficient (Wildman–Crippen LogP) is 0.533. The summed E-state index contributed by atoms with van der Waals surface area (Å²) in [4.78, 5) is 12.2. The van der Waals surface area contributed by atoms with Crippen molar-refractivity contribution in [3.05, 3.63) is 0 Å². The Kier molecular flexibility index (Phi) is 2.12. The summed E-state index contributed by atoms with van der Waals surface area (Å²) in [5.41, 5.74) is 0. The Morgan fingerprint density at radius 1 is 1.73 bits per heavy atom. The van der Waals surface area contributed by atoms with Gasteiger partial charge in [0.15, 0.2) is 0 Å². The molecule has 1 aliphatic heterocycles. The average Bonchev–Trinajstić information content (AvgIpc) is 2.32. The van der Waals surface area contributed by atoms with E-state index in [0.29, 0.717) is 18.8 Å². The number of carbonyl (C=O) groups is 1. The van der Waals surface area contributed by atoms with E-state index in [1.165, 1.54) is 0 Å². The zero-order chi connectivity index (χ0) is 8.43. The Labute approximate surface area is 65.3 Å². The minimum absolute atomic E-state index is 0.356. The van der Waals surface area contributed by atoms with Crippen LogP contribution < -0.4 is 0 Å². The molecule has 1 fully saturated rings. The van der Waals surface area contributed by atoms with Crippen LogP contribution in [-0.2, 0) is 4.79 Å². The first-order valence-corrected chi connectivity index (χ1v) is 3.67. The number of amidine groups is 1. The maximum absolute atomic E-state index is 10.6. The predicted molar refractivity (Wildman–Crippen MR) is 40.8 cm³/mol. The van der Waals surface area contributed by atoms with Gasteiger partial charge >= 0.3 is 5.97 Å². The topological polar surface area (TPSA) is 64.4 Å². The van der Waals surface area contributed by atoms with Gasteiger partial charge in [-0.2, -0.15) is 0 Å². The average molecular weight is 156 g/mol. The number of likely N-dealkylation sites (tertiary alicyclic amines) is 1. The zero-order valence-electron chi connectivity index (χ0n) is 6.50. The van der Waals surface area contributed by atoms with Gasteiger partial charge in [-0.15, -0.1) is 0 Å². The summed E-state index contributed by atoms with van der Waals surface area (Å²) in [6.45, 7) is 2.34. The van der Waals surface area contributed by atoms with Crippen LogP contribution in [0.4, 0.5) is 0 Å². The Bertz CT molecular complexity index is 171. The van der Waals surface area contributed by atoms with Crippen LogP contribution in [0.5, 0.6) is 0 Å². The van der Waals surface area contributed by atoms with Crippen LogP contribution in [0, 0.1) is 5.41 Å². The van der Waals surface area contributed by atoms with Gasteiger partial charge in [-0.3, -0.25) is 5.41 Å². The fourth-order valence-electron chi connectivity index (χ4n) is 1.42. The van der Waals surface area contributed by atoms with Crippen molar-refractivity contribution in [2.24, 2.45) is 0 Å². The molecule has 0 bridgehead atoms.